The molecule has 12 heteroatoms. The molecule has 0 bridgehead atoms. The number of nitrogens with zero attached hydrogens (tertiary/aromatic N) is 5. The summed E-state index contributed by atoms with van der Waals surface area (Å²) in [6, 6.07) is 2.63. The van der Waals surface area contributed by atoms with Crippen LogP contribution in [0.5, 0.6) is 0 Å². The molecule has 0 radical (unpaired) electrons. The molecule has 8 nitrogen and oxygen atoms in total. The first-order chi connectivity index (χ1) is 11.1. The Balaban J connectivity index is 1.83. The van der Waals surface area contributed by atoms with Gasteiger partial charge in [-0.15, -0.1) is 15.3 Å². The van der Waals surface area contributed by atoms with E-state index in [4.69, 9.17) is 0 Å². The highest BCUT2D eigenvalue weighted by atomic mass is 32.2. The highest BCUT2D eigenvalue weighted by molar-refractivity contribution is 7.88. The Morgan fingerprint density at radius 3 is 2.71 bits per heavy atom. The van der Waals surface area contributed by atoms with E-state index in [1.54, 1.807) is 0 Å². The van der Waals surface area contributed by atoms with Gasteiger partial charge < -0.3 is 5.32 Å². The maximum atomic E-state index is 12.9. The molecule has 1 atom stereocenters. The Hall–Kier alpha value is -1.95. The van der Waals surface area contributed by atoms with E-state index in [-0.39, 0.29) is 24.1 Å². The van der Waals surface area contributed by atoms with Crippen LogP contribution in [-0.2, 0) is 16.2 Å². The summed E-state index contributed by atoms with van der Waals surface area (Å²) < 4.78 is 63.8. The number of rotatable bonds is 3. The van der Waals surface area contributed by atoms with E-state index >= 15 is 0 Å². The molecular formula is C12H15F3N6O2S. The zero-order valence-electron chi connectivity index (χ0n) is 12.7. The molecule has 2 aromatic rings. The van der Waals surface area contributed by atoms with Crippen molar-refractivity contribution in [2.24, 2.45) is 0 Å². The van der Waals surface area contributed by atoms with Crippen molar-refractivity contribution in [3.8, 4) is 0 Å². The van der Waals surface area contributed by atoms with Crippen LogP contribution in [0.2, 0.25) is 0 Å². The number of alkyl halides is 3. The first-order valence-electron chi connectivity index (χ1n) is 7.16. The third-order valence-corrected chi connectivity index (χ3v) is 4.99. The molecule has 3 rings (SSSR count). The van der Waals surface area contributed by atoms with Crippen LogP contribution in [0.25, 0.3) is 5.65 Å². The second-order valence-electron chi connectivity index (χ2n) is 5.61. The SMILES string of the molecule is CS(=O)(=O)N1CCCC(Nc2ccc3nnc(C(F)(F)F)n3n2)C1. The molecule has 24 heavy (non-hydrogen) atoms. The van der Waals surface area contributed by atoms with Crippen molar-refractivity contribution < 1.29 is 21.6 Å². The van der Waals surface area contributed by atoms with E-state index in [9.17, 15) is 21.6 Å². The molecule has 0 aromatic carbocycles. The van der Waals surface area contributed by atoms with Crippen molar-refractivity contribution in [3.05, 3.63) is 18.0 Å². The summed E-state index contributed by atoms with van der Waals surface area (Å²) in [6.07, 6.45) is -2.18. The van der Waals surface area contributed by atoms with Gasteiger partial charge in [0.2, 0.25) is 10.0 Å². The van der Waals surface area contributed by atoms with Gasteiger partial charge in [-0.05, 0) is 25.0 Å². The number of hydrogen-bond donors (Lipinski definition) is 1. The lowest BCUT2D eigenvalue weighted by atomic mass is 10.1. The van der Waals surface area contributed by atoms with Crippen molar-refractivity contribution in [1.82, 2.24) is 24.1 Å². The number of hydrogen-bond acceptors (Lipinski definition) is 6. The molecule has 2 aromatic heterocycles. The van der Waals surface area contributed by atoms with E-state index in [1.165, 1.54) is 16.4 Å². The Morgan fingerprint density at radius 2 is 2.04 bits per heavy atom. The number of halogens is 3. The lowest BCUT2D eigenvalue weighted by molar-refractivity contribution is -0.146. The maximum absolute atomic E-state index is 12.9. The first-order valence-corrected chi connectivity index (χ1v) is 9.01. The van der Waals surface area contributed by atoms with Crippen LogP contribution in [-0.4, -0.2) is 57.9 Å². The van der Waals surface area contributed by atoms with E-state index in [0.29, 0.717) is 23.9 Å². The fourth-order valence-electron chi connectivity index (χ4n) is 2.61. The fraction of sp³-hybridized carbons (Fsp3) is 0.583. The van der Waals surface area contributed by atoms with Gasteiger partial charge in [-0.25, -0.2) is 12.7 Å². The topological polar surface area (TPSA) is 92.5 Å². The second-order valence-corrected chi connectivity index (χ2v) is 7.60. The average molecular weight is 364 g/mol. The highest BCUT2D eigenvalue weighted by Crippen LogP contribution is 2.27. The van der Waals surface area contributed by atoms with E-state index in [0.717, 1.165) is 6.26 Å². The first kappa shape index (κ1) is 16.9. The van der Waals surface area contributed by atoms with Gasteiger partial charge in [0.15, 0.2) is 5.65 Å². The van der Waals surface area contributed by atoms with Crippen LogP contribution >= 0.6 is 0 Å². The molecule has 0 spiro atoms. The normalized spacial score (nSPS) is 20.4. The summed E-state index contributed by atoms with van der Waals surface area (Å²) in [6.45, 7) is 0.681. The standard InChI is InChI=1S/C12H15F3N6O2S/c1-24(22,23)20-6-2-3-8(7-20)16-9-4-5-10-17-18-11(12(13,14)15)21(10)19-9/h4-5,8H,2-3,6-7H2,1H3,(H,16,19). The van der Waals surface area contributed by atoms with Gasteiger partial charge in [0, 0.05) is 19.1 Å². The predicted molar refractivity (Wildman–Crippen MR) is 78.8 cm³/mol. The smallest absolute Gasteiger partial charge is 0.365 e. The molecule has 1 saturated heterocycles. The molecule has 0 saturated carbocycles. The van der Waals surface area contributed by atoms with Crippen molar-refractivity contribution in [1.29, 1.82) is 0 Å². The minimum absolute atomic E-state index is 0.0192. The molecule has 1 unspecified atom stereocenters. The number of sulfonamides is 1. The number of piperidine rings is 1. The van der Waals surface area contributed by atoms with Gasteiger partial charge in [0.25, 0.3) is 5.82 Å². The fourth-order valence-corrected chi connectivity index (χ4v) is 3.52. The van der Waals surface area contributed by atoms with Gasteiger partial charge in [-0.1, -0.05) is 0 Å². The minimum Gasteiger partial charge on any atom is -0.365 e. The zero-order chi connectivity index (χ0) is 17.5. The average Bonchev–Trinajstić information content (AvgIpc) is 2.90. The Kier molecular flexibility index (Phi) is 4.11. The molecule has 3 heterocycles. The van der Waals surface area contributed by atoms with Gasteiger partial charge >= 0.3 is 6.18 Å². The Labute approximate surface area is 135 Å². The monoisotopic (exact) mass is 364 g/mol. The van der Waals surface area contributed by atoms with Gasteiger partial charge in [-0.3, -0.25) is 0 Å². The van der Waals surface area contributed by atoms with Gasteiger partial charge in [0.1, 0.15) is 5.82 Å². The molecule has 1 aliphatic heterocycles. The Bertz CT molecular complexity index is 850. The molecule has 1 fully saturated rings. The van der Waals surface area contributed by atoms with Crippen LogP contribution in [0.1, 0.15) is 18.7 Å². The van der Waals surface area contributed by atoms with Crippen molar-refractivity contribution >= 4 is 21.5 Å². The van der Waals surface area contributed by atoms with E-state index in [1.807, 2.05) is 0 Å². The zero-order valence-corrected chi connectivity index (χ0v) is 13.5. The minimum atomic E-state index is -4.66. The van der Waals surface area contributed by atoms with Crippen molar-refractivity contribution in [3.63, 3.8) is 0 Å². The summed E-state index contributed by atoms with van der Waals surface area (Å²) in [5.74, 6) is -1.00. The van der Waals surface area contributed by atoms with E-state index in [2.05, 4.69) is 20.6 Å². The maximum Gasteiger partial charge on any atom is 0.453 e. The third-order valence-electron chi connectivity index (χ3n) is 3.72. The van der Waals surface area contributed by atoms with Crippen molar-refractivity contribution in [2.45, 2.75) is 25.1 Å². The number of aromatic nitrogens is 4. The molecule has 1 N–H and O–H groups in total. The molecule has 0 aliphatic carbocycles. The summed E-state index contributed by atoms with van der Waals surface area (Å²) in [7, 11) is -3.30. The molecular weight excluding hydrogens is 349 g/mol. The quantitative estimate of drug-likeness (QED) is 0.873. The van der Waals surface area contributed by atoms with Crippen LogP contribution in [0.3, 0.4) is 0 Å². The molecule has 0 amide bonds. The number of anilines is 1. The third kappa shape index (κ3) is 3.43. The number of nitrogens with one attached hydrogen (secondary N) is 1. The highest BCUT2D eigenvalue weighted by Gasteiger charge is 2.37. The van der Waals surface area contributed by atoms with Crippen LogP contribution < -0.4 is 5.32 Å². The summed E-state index contributed by atoms with van der Waals surface area (Å²) in [5.41, 5.74) is -0.0192. The summed E-state index contributed by atoms with van der Waals surface area (Å²) in [5, 5.41) is 13.4. The lowest BCUT2D eigenvalue weighted by Crippen LogP contribution is -2.44. The van der Waals surface area contributed by atoms with Crippen LogP contribution in [0.4, 0.5) is 19.0 Å². The van der Waals surface area contributed by atoms with Crippen molar-refractivity contribution in [2.75, 3.05) is 24.7 Å². The van der Waals surface area contributed by atoms with Crippen LogP contribution in [0, 0.1) is 0 Å². The van der Waals surface area contributed by atoms with Gasteiger partial charge in [0.05, 0.1) is 6.26 Å². The molecule has 1 aliphatic rings. The summed E-state index contributed by atoms with van der Waals surface area (Å²) in [4.78, 5) is 0. The van der Waals surface area contributed by atoms with Gasteiger partial charge in [-0.2, -0.15) is 17.7 Å². The van der Waals surface area contributed by atoms with Crippen LogP contribution in [0.15, 0.2) is 12.1 Å². The largest absolute Gasteiger partial charge is 0.453 e. The summed E-state index contributed by atoms with van der Waals surface area (Å²) >= 11 is 0. The second kappa shape index (κ2) is 5.84. The number of fused-ring (bicyclic) bond motifs is 1. The molecule has 132 valence electrons. The van der Waals surface area contributed by atoms with E-state index < -0.39 is 22.0 Å². The predicted octanol–water partition coefficient (Wildman–Crippen LogP) is 0.979. The lowest BCUT2D eigenvalue weighted by Gasteiger charge is -2.31. The Morgan fingerprint density at radius 1 is 1.29 bits per heavy atom.